The fourth-order valence-electron chi connectivity index (χ4n) is 1.54. The second-order valence-electron chi connectivity index (χ2n) is 4.04. The van der Waals surface area contributed by atoms with E-state index in [4.69, 9.17) is 5.11 Å². The molecule has 0 unspecified atom stereocenters. The summed E-state index contributed by atoms with van der Waals surface area (Å²) in [4.78, 5) is 0. The van der Waals surface area contributed by atoms with Crippen molar-refractivity contribution in [1.82, 2.24) is 0 Å². The maximum Gasteiger partial charge on any atom is 0.0804 e. The zero-order chi connectivity index (χ0) is 7.78. The highest BCUT2D eigenvalue weighted by atomic mass is 16.3. The Morgan fingerprint density at radius 3 is 2.20 bits per heavy atom. The summed E-state index contributed by atoms with van der Waals surface area (Å²) in [6, 6.07) is 0. The van der Waals surface area contributed by atoms with Crippen molar-refractivity contribution in [3.8, 4) is 0 Å². The molecule has 1 aliphatic carbocycles. The molecule has 2 heteroatoms. The molecule has 0 bridgehead atoms. The summed E-state index contributed by atoms with van der Waals surface area (Å²) in [5, 5.41) is 18.4. The number of aliphatic hydroxyl groups is 2. The fraction of sp³-hybridized carbons (Fsp3) is 1.00. The third-order valence-corrected chi connectivity index (χ3v) is 2.32. The van der Waals surface area contributed by atoms with E-state index in [2.05, 4.69) is 13.8 Å². The van der Waals surface area contributed by atoms with E-state index < -0.39 is 12.2 Å². The topological polar surface area (TPSA) is 40.5 Å². The van der Waals surface area contributed by atoms with Crippen LogP contribution in [-0.4, -0.2) is 22.4 Å². The maximum absolute atomic E-state index is 9.26. The predicted octanol–water partition coefficient (Wildman–Crippen LogP) is 0.918. The van der Waals surface area contributed by atoms with Crippen molar-refractivity contribution in [2.45, 2.75) is 45.3 Å². The van der Waals surface area contributed by atoms with Gasteiger partial charge in [-0.1, -0.05) is 13.8 Å². The van der Waals surface area contributed by atoms with Crippen LogP contribution in [0.3, 0.4) is 0 Å². The van der Waals surface area contributed by atoms with Gasteiger partial charge in [0.2, 0.25) is 0 Å². The Morgan fingerprint density at radius 2 is 1.80 bits per heavy atom. The molecule has 2 atom stereocenters. The highest BCUT2D eigenvalue weighted by Gasteiger charge is 2.32. The normalized spacial score (nSPS) is 39.6. The van der Waals surface area contributed by atoms with Gasteiger partial charge in [0.25, 0.3) is 0 Å². The highest BCUT2D eigenvalue weighted by Crippen LogP contribution is 2.35. The van der Waals surface area contributed by atoms with Gasteiger partial charge in [0.05, 0.1) is 12.2 Å². The monoisotopic (exact) mass is 144 g/mol. The lowest BCUT2D eigenvalue weighted by Gasteiger charge is -2.35. The number of aliphatic hydroxyl groups excluding tert-OH is 2. The van der Waals surface area contributed by atoms with Crippen LogP contribution >= 0.6 is 0 Å². The molecule has 0 radical (unpaired) electrons. The van der Waals surface area contributed by atoms with Crippen molar-refractivity contribution in [3.63, 3.8) is 0 Å². The van der Waals surface area contributed by atoms with Gasteiger partial charge in [-0.05, 0) is 24.7 Å². The molecule has 2 nitrogen and oxygen atoms in total. The summed E-state index contributed by atoms with van der Waals surface area (Å²) in [5.41, 5.74) is 0.221. The molecule has 0 amide bonds. The highest BCUT2D eigenvalue weighted by molar-refractivity contribution is 4.84. The van der Waals surface area contributed by atoms with E-state index >= 15 is 0 Å². The lowest BCUT2D eigenvalue weighted by Crippen LogP contribution is -2.37. The molecule has 0 heterocycles. The smallest absolute Gasteiger partial charge is 0.0804 e. The van der Waals surface area contributed by atoms with E-state index in [-0.39, 0.29) is 5.41 Å². The molecule has 1 saturated carbocycles. The molecular formula is C8H16O2. The van der Waals surface area contributed by atoms with Gasteiger partial charge in [0.15, 0.2) is 0 Å². The standard InChI is InChI=1S/C8H16O2/c1-8(2)4-3-6(9)7(10)5-8/h6-7,9-10H,3-5H2,1-2H3/t6-,7-/m0/s1. The van der Waals surface area contributed by atoms with Crippen LogP contribution in [0.25, 0.3) is 0 Å². The first-order valence-electron chi connectivity index (χ1n) is 3.87. The van der Waals surface area contributed by atoms with E-state index in [1.54, 1.807) is 0 Å². The molecule has 2 N–H and O–H groups in total. The molecule has 1 aliphatic rings. The zero-order valence-electron chi connectivity index (χ0n) is 6.67. The Morgan fingerprint density at radius 1 is 1.20 bits per heavy atom. The third kappa shape index (κ3) is 1.70. The molecule has 0 spiro atoms. The summed E-state index contributed by atoms with van der Waals surface area (Å²) >= 11 is 0. The Labute approximate surface area is 61.9 Å². The van der Waals surface area contributed by atoms with Gasteiger partial charge in [-0.25, -0.2) is 0 Å². The van der Waals surface area contributed by atoms with Crippen LogP contribution in [-0.2, 0) is 0 Å². The third-order valence-electron chi connectivity index (χ3n) is 2.32. The Hall–Kier alpha value is -0.0800. The second kappa shape index (κ2) is 2.51. The number of hydrogen-bond acceptors (Lipinski definition) is 2. The fourth-order valence-corrected chi connectivity index (χ4v) is 1.54. The SMILES string of the molecule is CC1(C)CC[C@H](O)[C@@H](O)C1. The summed E-state index contributed by atoms with van der Waals surface area (Å²) in [6.45, 7) is 4.25. The number of rotatable bonds is 0. The van der Waals surface area contributed by atoms with Crippen molar-refractivity contribution in [2.24, 2.45) is 5.41 Å². The summed E-state index contributed by atoms with van der Waals surface area (Å²) in [7, 11) is 0. The summed E-state index contributed by atoms with van der Waals surface area (Å²) in [6.07, 6.45) is 1.52. The van der Waals surface area contributed by atoms with Gasteiger partial charge in [0, 0.05) is 0 Å². The van der Waals surface area contributed by atoms with Gasteiger partial charge in [-0.2, -0.15) is 0 Å². The molecule has 0 aliphatic heterocycles. The molecule has 0 aromatic carbocycles. The summed E-state index contributed by atoms with van der Waals surface area (Å²) < 4.78 is 0. The molecular weight excluding hydrogens is 128 g/mol. The van der Waals surface area contributed by atoms with Crippen LogP contribution < -0.4 is 0 Å². The van der Waals surface area contributed by atoms with E-state index in [0.29, 0.717) is 0 Å². The van der Waals surface area contributed by atoms with Crippen LogP contribution in [0.5, 0.6) is 0 Å². The van der Waals surface area contributed by atoms with Crippen LogP contribution in [0.1, 0.15) is 33.1 Å². The van der Waals surface area contributed by atoms with Gasteiger partial charge >= 0.3 is 0 Å². The summed E-state index contributed by atoms with van der Waals surface area (Å²) in [5.74, 6) is 0. The van der Waals surface area contributed by atoms with Crippen molar-refractivity contribution in [3.05, 3.63) is 0 Å². The maximum atomic E-state index is 9.26. The molecule has 0 saturated heterocycles. The molecule has 0 aromatic rings. The predicted molar refractivity (Wildman–Crippen MR) is 39.6 cm³/mol. The van der Waals surface area contributed by atoms with Crippen LogP contribution in [0.4, 0.5) is 0 Å². The van der Waals surface area contributed by atoms with E-state index in [1.807, 2.05) is 0 Å². The Balaban J connectivity index is 2.49. The molecule has 60 valence electrons. The first-order valence-corrected chi connectivity index (χ1v) is 3.87. The minimum absolute atomic E-state index is 0.221. The van der Waals surface area contributed by atoms with Crippen LogP contribution in [0.15, 0.2) is 0 Å². The Kier molecular flexibility index (Phi) is 2.02. The van der Waals surface area contributed by atoms with E-state index in [0.717, 1.165) is 19.3 Å². The molecule has 1 rings (SSSR count). The van der Waals surface area contributed by atoms with Crippen molar-refractivity contribution < 1.29 is 10.2 Å². The van der Waals surface area contributed by atoms with Gasteiger partial charge < -0.3 is 10.2 Å². The first kappa shape index (κ1) is 8.02. The van der Waals surface area contributed by atoms with Gasteiger partial charge in [-0.15, -0.1) is 0 Å². The Bertz CT molecular complexity index is 120. The van der Waals surface area contributed by atoms with Crippen LogP contribution in [0, 0.1) is 5.41 Å². The molecule has 1 fully saturated rings. The second-order valence-corrected chi connectivity index (χ2v) is 4.04. The van der Waals surface area contributed by atoms with Crippen molar-refractivity contribution in [2.75, 3.05) is 0 Å². The zero-order valence-corrected chi connectivity index (χ0v) is 6.67. The lowest BCUT2D eigenvalue weighted by atomic mass is 9.75. The minimum Gasteiger partial charge on any atom is -0.390 e. The van der Waals surface area contributed by atoms with Gasteiger partial charge in [0.1, 0.15) is 0 Å². The van der Waals surface area contributed by atoms with E-state index in [1.165, 1.54) is 0 Å². The average Bonchev–Trinajstić information content (AvgIpc) is 1.79. The van der Waals surface area contributed by atoms with Gasteiger partial charge in [-0.3, -0.25) is 0 Å². The quantitative estimate of drug-likeness (QED) is 0.530. The van der Waals surface area contributed by atoms with Crippen LogP contribution in [0.2, 0.25) is 0 Å². The largest absolute Gasteiger partial charge is 0.390 e. The number of hydrogen-bond donors (Lipinski definition) is 2. The van der Waals surface area contributed by atoms with Crippen molar-refractivity contribution in [1.29, 1.82) is 0 Å². The molecule has 10 heavy (non-hydrogen) atoms. The lowest BCUT2D eigenvalue weighted by molar-refractivity contribution is -0.0444. The van der Waals surface area contributed by atoms with Crippen molar-refractivity contribution >= 4 is 0 Å². The first-order chi connectivity index (χ1) is 4.51. The molecule has 0 aromatic heterocycles. The minimum atomic E-state index is -0.497. The van der Waals surface area contributed by atoms with E-state index in [9.17, 15) is 5.11 Å². The average molecular weight is 144 g/mol.